The number of para-hydroxylation sites is 1. The molecular formula is C39H52N10O5S. The first-order valence-electron chi connectivity index (χ1n) is 18.6. The van der Waals surface area contributed by atoms with Crippen molar-refractivity contribution >= 4 is 51.8 Å². The van der Waals surface area contributed by atoms with Gasteiger partial charge in [0.1, 0.15) is 28.6 Å². The predicted octanol–water partition coefficient (Wildman–Crippen LogP) is 3.02. The monoisotopic (exact) mass is 772 g/mol. The molecule has 4 aromatic rings. The predicted molar refractivity (Wildman–Crippen MR) is 210 cm³/mol. The van der Waals surface area contributed by atoms with E-state index in [1.807, 2.05) is 62.9 Å². The molecule has 4 heterocycles. The van der Waals surface area contributed by atoms with Gasteiger partial charge in [0, 0.05) is 74.7 Å². The average molecular weight is 773 g/mol. The Kier molecular flexibility index (Phi) is 13.7. The van der Waals surface area contributed by atoms with E-state index in [4.69, 9.17) is 4.98 Å². The number of carbonyl (C=O) groups excluding carboxylic acids is 5. The number of aromatic amines is 1. The van der Waals surface area contributed by atoms with Crippen molar-refractivity contribution in [1.29, 1.82) is 0 Å². The molecule has 5 amide bonds. The Labute approximate surface area is 325 Å². The Morgan fingerprint density at radius 2 is 1.60 bits per heavy atom. The summed E-state index contributed by atoms with van der Waals surface area (Å²) >= 11 is 1.26. The number of likely N-dealkylation sites (N-methyl/N-ethyl adjacent to an activating group) is 2. The molecule has 0 unspecified atom stereocenters. The molecule has 294 valence electrons. The summed E-state index contributed by atoms with van der Waals surface area (Å²) < 4.78 is 0. The van der Waals surface area contributed by atoms with E-state index in [0.717, 1.165) is 22.2 Å². The molecule has 16 heteroatoms. The molecule has 3 aromatic heterocycles. The minimum absolute atomic E-state index is 0.00656. The van der Waals surface area contributed by atoms with Crippen molar-refractivity contribution < 1.29 is 24.0 Å². The highest BCUT2D eigenvalue weighted by Crippen LogP contribution is 2.26. The average Bonchev–Trinajstić information content (AvgIpc) is 3.80. The second kappa shape index (κ2) is 18.4. The second-order valence-electron chi connectivity index (χ2n) is 14.9. The second-order valence-corrected chi connectivity index (χ2v) is 15.8. The third kappa shape index (κ3) is 10.9. The van der Waals surface area contributed by atoms with Crippen LogP contribution in [0.25, 0.3) is 10.9 Å². The minimum atomic E-state index is -1.04. The van der Waals surface area contributed by atoms with Crippen molar-refractivity contribution in [2.24, 2.45) is 5.92 Å². The van der Waals surface area contributed by atoms with Gasteiger partial charge in [-0.2, -0.15) is 0 Å². The van der Waals surface area contributed by atoms with E-state index in [1.165, 1.54) is 28.2 Å². The molecule has 1 aliphatic heterocycles. The lowest BCUT2D eigenvalue weighted by molar-refractivity contribution is -0.138. The number of hydrogen-bond donors (Lipinski definition) is 4. The number of thiazole rings is 1. The lowest BCUT2D eigenvalue weighted by Gasteiger charge is -2.28. The zero-order valence-electron chi connectivity index (χ0n) is 32.6. The van der Waals surface area contributed by atoms with Crippen molar-refractivity contribution in [3.05, 3.63) is 75.9 Å². The Hall–Kier alpha value is -5.22. The number of hydrogen-bond acceptors (Lipinski definition) is 10. The van der Waals surface area contributed by atoms with Crippen LogP contribution in [0, 0.1) is 5.92 Å². The third-order valence-electron chi connectivity index (χ3n) is 9.43. The standard InChI is InChI=1S/C39H52N10O5S/c1-23(2)16-30-37-46-32(22-55-37)36(52)45-31(17-26-18-41-29-11-9-8-10-28(26)29)39(54)48(7)20-33(50)42-25(5)38(53)47(6)14-15-49(21-34(51)44-30)19-27-12-13-40-35(43-27)24(3)4/h8-13,18,22-25,30-31,41H,14-17,19-21H2,1-7H3,(H,42,50)(H,44,51)(H,45,52)/t25-,30-,31+/m0/s1. The summed E-state index contributed by atoms with van der Waals surface area (Å²) in [6, 6.07) is 7.06. The molecule has 15 nitrogen and oxygen atoms in total. The highest BCUT2D eigenvalue weighted by molar-refractivity contribution is 7.09. The van der Waals surface area contributed by atoms with Gasteiger partial charge in [-0.3, -0.25) is 28.9 Å². The van der Waals surface area contributed by atoms with Gasteiger partial charge >= 0.3 is 0 Å². The number of benzene rings is 1. The molecule has 0 saturated heterocycles. The molecule has 1 aromatic carbocycles. The molecule has 3 atom stereocenters. The number of nitrogens with one attached hydrogen (secondary N) is 4. The number of H-pyrrole nitrogens is 1. The van der Waals surface area contributed by atoms with Crippen molar-refractivity contribution in [1.82, 2.24) is 50.6 Å². The van der Waals surface area contributed by atoms with Crippen LogP contribution in [-0.4, -0.2) is 117 Å². The highest BCUT2D eigenvalue weighted by Gasteiger charge is 2.30. The fourth-order valence-corrected chi connectivity index (χ4v) is 7.37. The number of amides is 5. The third-order valence-corrected chi connectivity index (χ3v) is 10.4. The molecule has 0 radical (unpaired) electrons. The van der Waals surface area contributed by atoms with Crippen molar-refractivity contribution in [3.8, 4) is 0 Å². The van der Waals surface area contributed by atoms with Crippen LogP contribution in [0.15, 0.2) is 48.1 Å². The number of rotatable bonds is 7. The lowest BCUT2D eigenvalue weighted by atomic mass is 10.0. The van der Waals surface area contributed by atoms with Crippen LogP contribution >= 0.6 is 11.3 Å². The summed E-state index contributed by atoms with van der Waals surface area (Å²) in [4.78, 5) is 89.8. The molecule has 4 N–H and O–H groups in total. The maximum atomic E-state index is 14.0. The molecule has 0 saturated carbocycles. The zero-order valence-corrected chi connectivity index (χ0v) is 33.4. The number of carbonyl (C=O) groups is 5. The first-order chi connectivity index (χ1) is 26.2. The summed E-state index contributed by atoms with van der Waals surface area (Å²) in [6.45, 7) is 10.3. The highest BCUT2D eigenvalue weighted by atomic mass is 32.1. The van der Waals surface area contributed by atoms with Gasteiger partial charge in [0.25, 0.3) is 5.91 Å². The van der Waals surface area contributed by atoms with Crippen molar-refractivity contribution in [3.63, 3.8) is 0 Å². The molecule has 2 bridgehead atoms. The van der Waals surface area contributed by atoms with Crippen molar-refractivity contribution in [2.45, 2.75) is 78.0 Å². The van der Waals surface area contributed by atoms with Gasteiger partial charge in [0.2, 0.25) is 23.6 Å². The lowest BCUT2D eigenvalue weighted by Crippen LogP contribution is -2.53. The molecule has 0 spiro atoms. The van der Waals surface area contributed by atoms with Crippen LogP contribution in [0.4, 0.5) is 0 Å². The van der Waals surface area contributed by atoms with E-state index in [1.54, 1.807) is 31.7 Å². The van der Waals surface area contributed by atoms with E-state index in [9.17, 15) is 24.0 Å². The quantitative estimate of drug-likeness (QED) is 0.219. The Bertz CT molecular complexity index is 1990. The van der Waals surface area contributed by atoms with Gasteiger partial charge in [-0.25, -0.2) is 15.0 Å². The van der Waals surface area contributed by atoms with Crippen LogP contribution in [0.5, 0.6) is 0 Å². The molecular weight excluding hydrogens is 721 g/mol. The van der Waals surface area contributed by atoms with Crippen molar-refractivity contribution in [2.75, 3.05) is 40.3 Å². The number of aromatic nitrogens is 4. The maximum Gasteiger partial charge on any atom is 0.271 e. The summed E-state index contributed by atoms with van der Waals surface area (Å²) in [6.07, 6.45) is 4.23. The van der Waals surface area contributed by atoms with Gasteiger partial charge in [-0.1, -0.05) is 45.9 Å². The van der Waals surface area contributed by atoms with Gasteiger partial charge in [-0.15, -0.1) is 11.3 Å². The molecule has 0 aliphatic carbocycles. The summed E-state index contributed by atoms with van der Waals surface area (Å²) in [5, 5.41) is 11.8. The van der Waals surface area contributed by atoms with Crippen LogP contribution < -0.4 is 16.0 Å². The topological polar surface area (TPSA) is 186 Å². The Balaban J connectivity index is 1.45. The van der Waals surface area contributed by atoms with Gasteiger partial charge in [0.15, 0.2) is 0 Å². The van der Waals surface area contributed by atoms with Crippen LogP contribution in [0.2, 0.25) is 0 Å². The first kappa shape index (κ1) is 41.0. The Morgan fingerprint density at radius 3 is 2.35 bits per heavy atom. The first-order valence-corrected chi connectivity index (χ1v) is 19.5. The zero-order chi connectivity index (χ0) is 39.8. The Morgan fingerprint density at radius 1 is 0.855 bits per heavy atom. The fraction of sp³-hybridized carbons (Fsp3) is 0.487. The minimum Gasteiger partial charge on any atom is -0.361 e. The van der Waals surface area contributed by atoms with E-state index in [2.05, 4.69) is 30.9 Å². The molecule has 1 aliphatic rings. The van der Waals surface area contributed by atoms with Crippen LogP contribution in [0.1, 0.15) is 85.6 Å². The van der Waals surface area contributed by atoms with E-state index >= 15 is 0 Å². The molecule has 5 rings (SSSR count). The van der Waals surface area contributed by atoms with E-state index in [0.29, 0.717) is 30.3 Å². The smallest absolute Gasteiger partial charge is 0.271 e. The normalized spacial score (nSPS) is 20.5. The summed E-state index contributed by atoms with van der Waals surface area (Å²) in [7, 11) is 3.13. The molecule has 55 heavy (non-hydrogen) atoms. The van der Waals surface area contributed by atoms with Gasteiger partial charge < -0.3 is 30.7 Å². The summed E-state index contributed by atoms with van der Waals surface area (Å²) in [5.74, 6) is -1.15. The van der Waals surface area contributed by atoms with E-state index < -0.39 is 35.8 Å². The van der Waals surface area contributed by atoms with Crippen LogP contribution in [0.3, 0.4) is 0 Å². The summed E-state index contributed by atoms with van der Waals surface area (Å²) in [5.41, 5.74) is 2.55. The number of fused-ring (bicyclic) bond motifs is 3. The van der Waals surface area contributed by atoms with Crippen LogP contribution in [-0.2, 0) is 32.1 Å². The maximum absolute atomic E-state index is 14.0. The number of nitrogens with zero attached hydrogens (tertiary/aromatic N) is 6. The van der Waals surface area contributed by atoms with E-state index in [-0.39, 0.29) is 55.4 Å². The fourth-order valence-electron chi connectivity index (χ4n) is 6.50. The van der Waals surface area contributed by atoms with Gasteiger partial charge in [-0.05, 0) is 37.0 Å². The SMILES string of the molecule is CC(C)C[C@@H]1NC(=O)CN(Cc2ccnc(C(C)C)n2)CCN(C)C(=O)[C@H](C)NC(=O)CN(C)C(=O)[C@@H](Cc2c[nH]c3ccccc23)NC(=O)c2csc1n2. The molecule has 0 fully saturated rings. The van der Waals surface area contributed by atoms with Gasteiger partial charge in [0.05, 0.1) is 24.8 Å². The largest absolute Gasteiger partial charge is 0.361 e.